The minimum atomic E-state index is 1.69. The first kappa shape index (κ1) is 6.21. The van der Waals surface area contributed by atoms with Gasteiger partial charge in [0.1, 0.15) is 0 Å². The third kappa shape index (κ3) is 5.21. The standard InChI is InChI=1S/C5H10N2/c1-3-7-5-4-6-2/h3-6H,1-2H3/b5-4-,7-3?. The lowest BCUT2D eigenvalue weighted by Crippen LogP contribution is -1.89. The molecule has 0 aliphatic heterocycles. The molecule has 0 aromatic heterocycles. The number of rotatable bonds is 2. The zero-order valence-corrected chi connectivity index (χ0v) is 4.68. The molecular formula is C5H10N2. The van der Waals surface area contributed by atoms with Crippen molar-refractivity contribution in [2.45, 2.75) is 6.92 Å². The van der Waals surface area contributed by atoms with E-state index in [0.717, 1.165) is 0 Å². The van der Waals surface area contributed by atoms with E-state index in [4.69, 9.17) is 0 Å². The summed E-state index contributed by atoms with van der Waals surface area (Å²) in [5.41, 5.74) is 0. The van der Waals surface area contributed by atoms with Gasteiger partial charge in [-0.15, -0.1) is 0 Å². The predicted octanol–water partition coefficient (Wildman–Crippen LogP) is 0.768. The van der Waals surface area contributed by atoms with Crippen LogP contribution in [-0.4, -0.2) is 13.3 Å². The molecule has 1 N–H and O–H groups in total. The van der Waals surface area contributed by atoms with Crippen LogP contribution in [-0.2, 0) is 0 Å². The first-order valence-electron chi connectivity index (χ1n) is 2.22. The van der Waals surface area contributed by atoms with Gasteiger partial charge in [-0.1, -0.05) is 0 Å². The molecule has 0 rings (SSSR count). The Hall–Kier alpha value is -0.790. The van der Waals surface area contributed by atoms with Gasteiger partial charge in [0, 0.05) is 25.7 Å². The lowest BCUT2D eigenvalue weighted by Gasteiger charge is -1.77. The second-order valence-electron chi connectivity index (χ2n) is 1.01. The van der Waals surface area contributed by atoms with E-state index in [-0.39, 0.29) is 0 Å². The summed E-state index contributed by atoms with van der Waals surface area (Å²) in [6.45, 7) is 1.88. The second kappa shape index (κ2) is 5.21. The smallest absolute Gasteiger partial charge is 0.0420 e. The number of nitrogens with zero attached hydrogens (tertiary/aromatic N) is 1. The highest BCUT2D eigenvalue weighted by molar-refractivity contribution is 5.54. The van der Waals surface area contributed by atoms with Gasteiger partial charge < -0.3 is 5.32 Å². The summed E-state index contributed by atoms with van der Waals surface area (Å²) in [5, 5.41) is 2.81. The summed E-state index contributed by atoms with van der Waals surface area (Å²) < 4.78 is 0. The van der Waals surface area contributed by atoms with Gasteiger partial charge in [-0.3, -0.25) is 4.99 Å². The molecule has 0 aliphatic carbocycles. The van der Waals surface area contributed by atoms with Crippen LogP contribution in [0.2, 0.25) is 0 Å². The highest BCUT2D eigenvalue weighted by Crippen LogP contribution is 1.64. The van der Waals surface area contributed by atoms with Gasteiger partial charge in [0.25, 0.3) is 0 Å². The van der Waals surface area contributed by atoms with E-state index in [2.05, 4.69) is 10.3 Å². The molecule has 0 unspecified atom stereocenters. The molecule has 40 valence electrons. The molecule has 0 aromatic carbocycles. The maximum Gasteiger partial charge on any atom is 0.0420 e. The summed E-state index contributed by atoms with van der Waals surface area (Å²) in [6.07, 6.45) is 5.19. The fraction of sp³-hybridized carbons (Fsp3) is 0.400. The molecule has 0 saturated heterocycles. The van der Waals surface area contributed by atoms with E-state index < -0.39 is 0 Å². The Morgan fingerprint density at radius 3 is 2.71 bits per heavy atom. The molecule has 0 radical (unpaired) electrons. The molecular weight excluding hydrogens is 88.1 g/mol. The van der Waals surface area contributed by atoms with Crippen molar-refractivity contribution in [1.29, 1.82) is 0 Å². The first-order chi connectivity index (χ1) is 3.41. The molecule has 0 amide bonds. The minimum Gasteiger partial charge on any atom is -0.393 e. The first-order valence-corrected chi connectivity index (χ1v) is 2.22. The van der Waals surface area contributed by atoms with Gasteiger partial charge in [0.15, 0.2) is 0 Å². The molecule has 2 heteroatoms. The Balaban J connectivity index is 3.09. The molecule has 0 atom stereocenters. The van der Waals surface area contributed by atoms with Gasteiger partial charge in [-0.05, 0) is 6.92 Å². The fourth-order valence-electron chi connectivity index (χ4n) is 0.204. The van der Waals surface area contributed by atoms with Crippen molar-refractivity contribution in [3.8, 4) is 0 Å². The Bertz CT molecular complexity index is 74.1. The average molecular weight is 98.1 g/mol. The summed E-state index contributed by atoms with van der Waals surface area (Å²) in [7, 11) is 1.84. The largest absolute Gasteiger partial charge is 0.393 e. The topological polar surface area (TPSA) is 24.4 Å². The van der Waals surface area contributed by atoms with Crippen LogP contribution in [0.3, 0.4) is 0 Å². The molecule has 0 saturated carbocycles. The highest BCUT2D eigenvalue weighted by Gasteiger charge is 1.54. The van der Waals surface area contributed by atoms with Crippen LogP contribution in [0.15, 0.2) is 17.4 Å². The highest BCUT2D eigenvalue weighted by atomic mass is 14.8. The van der Waals surface area contributed by atoms with Crippen LogP contribution in [0.25, 0.3) is 0 Å². The fourth-order valence-corrected chi connectivity index (χ4v) is 0.204. The Morgan fingerprint density at radius 2 is 2.29 bits per heavy atom. The van der Waals surface area contributed by atoms with Gasteiger partial charge in [-0.25, -0.2) is 0 Å². The van der Waals surface area contributed by atoms with Crippen molar-refractivity contribution in [2.24, 2.45) is 4.99 Å². The van der Waals surface area contributed by atoms with Crippen molar-refractivity contribution in [3.63, 3.8) is 0 Å². The van der Waals surface area contributed by atoms with E-state index in [9.17, 15) is 0 Å². The normalized spacial score (nSPS) is 11.1. The lowest BCUT2D eigenvalue weighted by molar-refractivity contribution is 1.09. The Kier molecular flexibility index (Phi) is 4.62. The maximum absolute atomic E-state index is 3.79. The zero-order valence-electron chi connectivity index (χ0n) is 4.68. The van der Waals surface area contributed by atoms with E-state index in [1.54, 1.807) is 18.6 Å². The minimum absolute atomic E-state index is 1.69. The summed E-state index contributed by atoms with van der Waals surface area (Å²) in [6, 6.07) is 0. The van der Waals surface area contributed by atoms with E-state index >= 15 is 0 Å². The van der Waals surface area contributed by atoms with Crippen LogP contribution < -0.4 is 5.32 Å². The van der Waals surface area contributed by atoms with Crippen molar-refractivity contribution < 1.29 is 0 Å². The van der Waals surface area contributed by atoms with E-state index in [1.807, 2.05) is 14.0 Å². The molecule has 7 heavy (non-hydrogen) atoms. The van der Waals surface area contributed by atoms with Crippen molar-refractivity contribution in [3.05, 3.63) is 12.4 Å². The molecule has 0 aromatic rings. The SMILES string of the molecule is CC=N/C=C\NC. The molecule has 2 nitrogen and oxygen atoms in total. The summed E-state index contributed by atoms with van der Waals surface area (Å²) >= 11 is 0. The molecule has 0 heterocycles. The predicted molar refractivity (Wildman–Crippen MR) is 32.4 cm³/mol. The van der Waals surface area contributed by atoms with Crippen LogP contribution in [0, 0.1) is 0 Å². The number of nitrogens with one attached hydrogen (secondary N) is 1. The van der Waals surface area contributed by atoms with Gasteiger partial charge in [0.2, 0.25) is 0 Å². The average Bonchev–Trinajstić information content (AvgIpc) is 1.69. The third-order valence-corrected chi connectivity index (χ3v) is 0.476. The molecule has 0 spiro atoms. The van der Waals surface area contributed by atoms with Crippen LogP contribution >= 0.6 is 0 Å². The van der Waals surface area contributed by atoms with Crippen molar-refractivity contribution in [1.82, 2.24) is 5.32 Å². The summed E-state index contributed by atoms with van der Waals surface area (Å²) in [4.78, 5) is 3.79. The number of hydrogen-bond acceptors (Lipinski definition) is 2. The van der Waals surface area contributed by atoms with Crippen molar-refractivity contribution in [2.75, 3.05) is 7.05 Å². The van der Waals surface area contributed by atoms with Crippen LogP contribution in [0.5, 0.6) is 0 Å². The Labute approximate surface area is 44.0 Å². The van der Waals surface area contributed by atoms with Gasteiger partial charge in [0.05, 0.1) is 0 Å². The number of hydrogen-bond donors (Lipinski definition) is 1. The quantitative estimate of drug-likeness (QED) is 0.507. The van der Waals surface area contributed by atoms with Gasteiger partial charge in [-0.2, -0.15) is 0 Å². The van der Waals surface area contributed by atoms with Gasteiger partial charge >= 0.3 is 0 Å². The monoisotopic (exact) mass is 98.1 g/mol. The van der Waals surface area contributed by atoms with Crippen LogP contribution in [0.1, 0.15) is 6.92 Å². The second-order valence-corrected chi connectivity index (χ2v) is 1.01. The molecule has 0 aliphatic rings. The Morgan fingerprint density at radius 1 is 1.57 bits per heavy atom. The lowest BCUT2D eigenvalue weighted by atomic mass is 10.8. The zero-order chi connectivity index (χ0) is 5.54. The van der Waals surface area contributed by atoms with E-state index in [0.29, 0.717) is 0 Å². The third-order valence-electron chi connectivity index (χ3n) is 0.476. The molecule has 0 fully saturated rings. The molecule has 0 bridgehead atoms. The van der Waals surface area contributed by atoms with E-state index in [1.165, 1.54) is 0 Å². The maximum atomic E-state index is 3.79. The summed E-state index contributed by atoms with van der Waals surface area (Å²) in [5.74, 6) is 0. The van der Waals surface area contributed by atoms with Crippen molar-refractivity contribution >= 4 is 6.21 Å². The van der Waals surface area contributed by atoms with Crippen LogP contribution in [0.4, 0.5) is 0 Å². The number of aliphatic imine (C=N–C) groups is 1.